The van der Waals surface area contributed by atoms with E-state index in [1.807, 2.05) is 0 Å². The molecule has 18 heavy (non-hydrogen) atoms. The van der Waals surface area contributed by atoms with Gasteiger partial charge in [-0.1, -0.05) is 0 Å². The van der Waals surface area contributed by atoms with Crippen molar-refractivity contribution in [1.82, 2.24) is 5.32 Å². The summed E-state index contributed by atoms with van der Waals surface area (Å²) in [6, 6.07) is 0.210. The van der Waals surface area contributed by atoms with Crippen molar-refractivity contribution in [2.45, 2.75) is 57.4 Å². The molecule has 1 unspecified atom stereocenters. The summed E-state index contributed by atoms with van der Waals surface area (Å²) < 4.78 is 0. The fraction of sp³-hybridized carbons (Fsp3) is 0.938. The maximum absolute atomic E-state index is 12.4. The minimum atomic E-state index is 0.210. The number of rotatable bonds is 3. The number of carbonyl (C=O) groups excluding carboxylic acids is 1. The summed E-state index contributed by atoms with van der Waals surface area (Å²) >= 11 is 0. The predicted octanol–water partition coefficient (Wildman–Crippen LogP) is 2.77. The Hall–Kier alpha value is -0.370. The first kappa shape index (κ1) is 11.5. The van der Waals surface area contributed by atoms with Crippen LogP contribution in [0.15, 0.2) is 0 Å². The number of hydrogen-bond acceptors (Lipinski definition) is 2. The molecule has 5 aliphatic rings. The van der Waals surface area contributed by atoms with Gasteiger partial charge in [-0.25, -0.2) is 0 Å². The van der Waals surface area contributed by atoms with Gasteiger partial charge in [0, 0.05) is 6.42 Å². The average molecular weight is 247 g/mol. The lowest BCUT2D eigenvalue weighted by Crippen LogP contribution is -2.46. The molecule has 4 bridgehead atoms. The molecule has 1 heterocycles. The van der Waals surface area contributed by atoms with Crippen LogP contribution in [0.4, 0.5) is 0 Å². The Labute approximate surface area is 110 Å². The van der Waals surface area contributed by atoms with Gasteiger partial charge in [0.05, 0.1) is 6.04 Å². The first-order chi connectivity index (χ1) is 8.79. The van der Waals surface area contributed by atoms with Gasteiger partial charge in [-0.3, -0.25) is 4.79 Å². The normalized spacial score (nSPS) is 49.8. The Morgan fingerprint density at radius 1 is 1.00 bits per heavy atom. The van der Waals surface area contributed by atoms with E-state index in [0.29, 0.717) is 5.78 Å². The molecule has 0 amide bonds. The van der Waals surface area contributed by atoms with Crippen molar-refractivity contribution >= 4 is 5.78 Å². The molecule has 1 N–H and O–H groups in total. The maximum atomic E-state index is 12.4. The van der Waals surface area contributed by atoms with Crippen molar-refractivity contribution in [1.29, 1.82) is 0 Å². The highest BCUT2D eigenvalue weighted by Crippen LogP contribution is 2.57. The Balaban J connectivity index is 1.44. The second-order valence-corrected chi connectivity index (χ2v) is 7.41. The van der Waals surface area contributed by atoms with Crippen LogP contribution in [-0.2, 0) is 4.79 Å². The summed E-state index contributed by atoms with van der Waals surface area (Å²) in [6.45, 7) is 1.05. The molecule has 0 aromatic rings. The summed E-state index contributed by atoms with van der Waals surface area (Å²) in [4.78, 5) is 12.4. The second kappa shape index (κ2) is 4.33. The van der Waals surface area contributed by atoms with E-state index in [2.05, 4.69) is 5.32 Å². The van der Waals surface area contributed by atoms with E-state index in [0.717, 1.165) is 49.0 Å². The molecule has 0 aromatic heterocycles. The fourth-order valence-electron chi connectivity index (χ4n) is 5.71. The third kappa shape index (κ3) is 1.84. The molecule has 2 heteroatoms. The summed E-state index contributed by atoms with van der Waals surface area (Å²) in [6.07, 6.45) is 10.5. The van der Waals surface area contributed by atoms with Crippen LogP contribution in [0.5, 0.6) is 0 Å². The Bertz CT molecular complexity index is 317. The van der Waals surface area contributed by atoms with Crippen LogP contribution in [0.25, 0.3) is 0 Å². The lowest BCUT2D eigenvalue weighted by atomic mass is 9.51. The highest BCUT2D eigenvalue weighted by Gasteiger charge is 2.48. The standard InChI is InChI=1S/C16H25NO/c18-16(15-2-1-3-17-15)9-14-12-5-10-4-11(7-12)8-13(14)6-10/h10-15,17H,1-9H2. The van der Waals surface area contributed by atoms with E-state index in [-0.39, 0.29) is 6.04 Å². The highest BCUT2D eigenvalue weighted by atomic mass is 16.1. The van der Waals surface area contributed by atoms with Crippen LogP contribution in [0.1, 0.15) is 51.4 Å². The molecule has 1 atom stereocenters. The molecule has 0 spiro atoms. The van der Waals surface area contributed by atoms with Crippen molar-refractivity contribution in [3.05, 3.63) is 0 Å². The van der Waals surface area contributed by atoms with Gasteiger partial charge in [0.25, 0.3) is 0 Å². The van der Waals surface area contributed by atoms with Gasteiger partial charge in [-0.2, -0.15) is 0 Å². The van der Waals surface area contributed by atoms with Gasteiger partial charge in [0.2, 0.25) is 0 Å². The average Bonchev–Trinajstić information content (AvgIpc) is 2.86. The van der Waals surface area contributed by atoms with E-state index >= 15 is 0 Å². The van der Waals surface area contributed by atoms with Crippen LogP contribution in [0.3, 0.4) is 0 Å². The minimum Gasteiger partial charge on any atom is -0.307 e. The zero-order valence-electron chi connectivity index (χ0n) is 11.2. The number of nitrogens with one attached hydrogen (secondary N) is 1. The Morgan fingerprint density at radius 2 is 1.67 bits per heavy atom. The van der Waals surface area contributed by atoms with Crippen LogP contribution in [0, 0.1) is 29.6 Å². The molecule has 5 rings (SSSR count). The first-order valence-corrected chi connectivity index (χ1v) is 8.05. The van der Waals surface area contributed by atoms with E-state index in [9.17, 15) is 4.79 Å². The van der Waals surface area contributed by atoms with Crippen molar-refractivity contribution in [2.24, 2.45) is 29.6 Å². The molecule has 2 nitrogen and oxygen atoms in total. The van der Waals surface area contributed by atoms with Crippen molar-refractivity contribution in [3.8, 4) is 0 Å². The summed E-state index contributed by atoms with van der Waals surface area (Å²) in [5, 5.41) is 3.38. The monoisotopic (exact) mass is 247 g/mol. The van der Waals surface area contributed by atoms with E-state index in [4.69, 9.17) is 0 Å². The van der Waals surface area contributed by atoms with Crippen molar-refractivity contribution < 1.29 is 4.79 Å². The Morgan fingerprint density at radius 3 is 2.22 bits per heavy atom. The topological polar surface area (TPSA) is 29.1 Å². The van der Waals surface area contributed by atoms with Crippen LogP contribution < -0.4 is 5.32 Å². The molecule has 0 radical (unpaired) electrons. The molecule has 1 saturated heterocycles. The third-order valence-corrected chi connectivity index (χ3v) is 6.31. The lowest BCUT2D eigenvalue weighted by molar-refractivity contribution is -0.125. The van der Waals surface area contributed by atoms with Gasteiger partial charge < -0.3 is 5.32 Å². The van der Waals surface area contributed by atoms with Crippen molar-refractivity contribution in [2.75, 3.05) is 6.54 Å². The second-order valence-electron chi connectivity index (χ2n) is 7.41. The molecule has 0 aromatic carbocycles. The molecule has 5 fully saturated rings. The molecule has 100 valence electrons. The Kier molecular flexibility index (Phi) is 2.76. The predicted molar refractivity (Wildman–Crippen MR) is 71.2 cm³/mol. The van der Waals surface area contributed by atoms with Gasteiger partial charge in [-0.05, 0) is 81.1 Å². The number of Topliss-reactive ketones (excluding diaryl/α,β-unsaturated/α-hetero) is 1. The number of ketones is 1. The van der Waals surface area contributed by atoms with Gasteiger partial charge >= 0.3 is 0 Å². The largest absolute Gasteiger partial charge is 0.307 e. The molecule has 1 aliphatic heterocycles. The number of carbonyl (C=O) groups is 1. The van der Waals surface area contributed by atoms with E-state index in [1.165, 1.54) is 38.5 Å². The van der Waals surface area contributed by atoms with Crippen LogP contribution >= 0.6 is 0 Å². The first-order valence-electron chi connectivity index (χ1n) is 8.05. The summed E-state index contributed by atoms with van der Waals surface area (Å²) in [5.41, 5.74) is 0. The van der Waals surface area contributed by atoms with E-state index < -0.39 is 0 Å². The van der Waals surface area contributed by atoms with Crippen LogP contribution in [-0.4, -0.2) is 18.4 Å². The minimum absolute atomic E-state index is 0.210. The molecule has 4 saturated carbocycles. The van der Waals surface area contributed by atoms with Gasteiger partial charge in [-0.15, -0.1) is 0 Å². The smallest absolute Gasteiger partial charge is 0.150 e. The highest BCUT2D eigenvalue weighted by molar-refractivity contribution is 5.84. The zero-order chi connectivity index (χ0) is 12.1. The zero-order valence-corrected chi connectivity index (χ0v) is 11.2. The SMILES string of the molecule is O=C(CC1C2CC3CC(C2)CC1C3)C1CCCN1. The quantitative estimate of drug-likeness (QED) is 0.831. The number of hydrogen-bond donors (Lipinski definition) is 1. The fourth-order valence-corrected chi connectivity index (χ4v) is 5.71. The van der Waals surface area contributed by atoms with Gasteiger partial charge in [0.15, 0.2) is 0 Å². The third-order valence-electron chi connectivity index (χ3n) is 6.31. The maximum Gasteiger partial charge on any atom is 0.150 e. The van der Waals surface area contributed by atoms with Crippen molar-refractivity contribution in [3.63, 3.8) is 0 Å². The molecule has 4 aliphatic carbocycles. The molecular formula is C16H25NO. The van der Waals surface area contributed by atoms with Gasteiger partial charge in [0.1, 0.15) is 5.78 Å². The van der Waals surface area contributed by atoms with E-state index in [1.54, 1.807) is 0 Å². The summed E-state index contributed by atoms with van der Waals surface area (Å²) in [5.74, 6) is 5.17. The van der Waals surface area contributed by atoms with Crippen LogP contribution in [0.2, 0.25) is 0 Å². The molecular weight excluding hydrogens is 222 g/mol. The summed E-state index contributed by atoms with van der Waals surface area (Å²) in [7, 11) is 0. The lowest BCUT2D eigenvalue weighted by Gasteiger charge is -2.54.